The summed E-state index contributed by atoms with van der Waals surface area (Å²) in [5.74, 6) is 0. The van der Waals surface area contributed by atoms with Crippen molar-refractivity contribution >= 4 is 42.2 Å². The number of hydrogen-bond donors (Lipinski definition) is 1. The van der Waals surface area contributed by atoms with Crippen molar-refractivity contribution in [3.63, 3.8) is 0 Å². The number of benzene rings is 2. The zero-order valence-corrected chi connectivity index (χ0v) is 8.96. The predicted octanol–water partition coefficient (Wildman–Crippen LogP) is 3.30. The van der Waals surface area contributed by atoms with Crippen LogP contribution in [0.2, 0.25) is 0 Å². The molecule has 2 rings (SSSR count). The molecule has 0 unspecified atom stereocenters. The minimum absolute atomic E-state index is 0. The van der Waals surface area contributed by atoms with Crippen LogP contribution in [0.5, 0.6) is 0 Å². The molecule has 2 aromatic rings. The number of hydrogen-bond acceptors (Lipinski definition) is 1. The molecule has 0 saturated heterocycles. The molecule has 0 amide bonds. The molecule has 2 heteroatoms. The summed E-state index contributed by atoms with van der Waals surface area (Å²) in [5.41, 5.74) is 3.70. The summed E-state index contributed by atoms with van der Waals surface area (Å²) in [6.07, 6.45) is 0. The van der Waals surface area contributed by atoms with Gasteiger partial charge in [0.2, 0.25) is 0 Å². The molecule has 0 aliphatic heterocycles. The molecular formula is C13H13NaS. The molecule has 15 heavy (non-hydrogen) atoms. The van der Waals surface area contributed by atoms with Crippen molar-refractivity contribution in [2.24, 2.45) is 0 Å². The first-order valence-corrected chi connectivity index (χ1v) is 5.07. The van der Waals surface area contributed by atoms with Gasteiger partial charge in [-0.2, -0.15) is 0 Å². The topological polar surface area (TPSA) is 0 Å². The fraction of sp³-hybridized carbons (Fsp3) is 0.0769. The van der Waals surface area contributed by atoms with Crippen LogP contribution >= 0.6 is 12.6 Å². The fourth-order valence-electron chi connectivity index (χ4n) is 1.45. The molecule has 0 bridgehead atoms. The number of aryl methyl sites for hydroxylation is 1. The van der Waals surface area contributed by atoms with E-state index >= 15 is 0 Å². The molecule has 0 spiro atoms. The van der Waals surface area contributed by atoms with Crippen LogP contribution < -0.4 is 0 Å². The first kappa shape index (κ1) is 12.9. The number of thiol groups is 1. The molecule has 0 atom stereocenters. The van der Waals surface area contributed by atoms with E-state index in [0.29, 0.717) is 0 Å². The van der Waals surface area contributed by atoms with Gasteiger partial charge in [0.05, 0.1) is 0 Å². The Morgan fingerprint density at radius 2 is 1.47 bits per heavy atom. The van der Waals surface area contributed by atoms with Crippen LogP contribution in [0.15, 0.2) is 53.4 Å². The van der Waals surface area contributed by atoms with E-state index < -0.39 is 0 Å². The summed E-state index contributed by atoms with van der Waals surface area (Å²) in [4.78, 5) is 1.02. The van der Waals surface area contributed by atoms with Crippen molar-refractivity contribution in [3.05, 3.63) is 54.1 Å². The van der Waals surface area contributed by atoms with Crippen LogP contribution in [-0.2, 0) is 0 Å². The summed E-state index contributed by atoms with van der Waals surface area (Å²) in [6.45, 7) is 2.09. The van der Waals surface area contributed by atoms with E-state index in [9.17, 15) is 0 Å². The zero-order valence-electron chi connectivity index (χ0n) is 8.07. The molecule has 0 aliphatic rings. The summed E-state index contributed by atoms with van der Waals surface area (Å²) < 4.78 is 0. The van der Waals surface area contributed by atoms with Crippen molar-refractivity contribution in [2.75, 3.05) is 0 Å². The standard InChI is InChI=1S/C13H12S.Na.H/c1-10-6-8-11(9-7-10)12-4-2-3-5-13(12)14;;/h2-9,14H,1H3;;. The normalized spacial score (nSPS) is 9.47. The van der Waals surface area contributed by atoms with Gasteiger partial charge < -0.3 is 0 Å². The maximum atomic E-state index is 4.44. The first-order chi connectivity index (χ1) is 6.77. The molecular weight excluding hydrogens is 211 g/mol. The molecule has 0 nitrogen and oxygen atoms in total. The van der Waals surface area contributed by atoms with Gasteiger partial charge in [-0.25, -0.2) is 0 Å². The van der Waals surface area contributed by atoms with E-state index in [1.165, 1.54) is 16.7 Å². The molecule has 0 N–H and O–H groups in total. The van der Waals surface area contributed by atoms with Crippen molar-refractivity contribution in [1.29, 1.82) is 0 Å². The second-order valence-electron chi connectivity index (χ2n) is 3.38. The quantitative estimate of drug-likeness (QED) is 0.557. The van der Waals surface area contributed by atoms with Gasteiger partial charge >= 0.3 is 29.6 Å². The Labute approximate surface area is 118 Å². The van der Waals surface area contributed by atoms with E-state index in [4.69, 9.17) is 0 Å². The molecule has 0 aromatic heterocycles. The van der Waals surface area contributed by atoms with Gasteiger partial charge in [0, 0.05) is 4.90 Å². The molecule has 72 valence electrons. The van der Waals surface area contributed by atoms with Crippen molar-refractivity contribution in [3.8, 4) is 11.1 Å². The molecule has 0 radical (unpaired) electrons. The predicted molar refractivity (Wildman–Crippen MR) is 71.0 cm³/mol. The second kappa shape index (κ2) is 5.76. The molecule has 2 aromatic carbocycles. The van der Waals surface area contributed by atoms with Gasteiger partial charge in [-0.05, 0) is 24.1 Å². The van der Waals surface area contributed by atoms with Crippen molar-refractivity contribution < 1.29 is 0 Å². The third-order valence-electron chi connectivity index (χ3n) is 2.27. The van der Waals surface area contributed by atoms with Gasteiger partial charge in [0.15, 0.2) is 0 Å². The Morgan fingerprint density at radius 3 is 2.07 bits per heavy atom. The summed E-state index contributed by atoms with van der Waals surface area (Å²) in [7, 11) is 0. The third kappa shape index (κ3) is 3.12. The molecule has 0 heterocycles. The van der Waals surface area contributed by atoms with Crippen LogP contribution in [-0.4, -0.2) is 29.6 Å². The first-order valence-electron chi connectivity index (χ1n) is 4.62. The van der Waals surface area contributed by atoms with Crippen LogP contribution in [0.3, 0.4) is 0 Å². The Morgan fingerprint density at radius 1 is 0.867 bits per heavy atom. The third-order valence-corrected chi connectivity index (χ3v) is 2.66. The van der Waals surface area contributed by atoms with Gasteiger partial charge in [-0.3, -0.25) is 0 Å². The number of rotatable bonds is 1. The van der Waals surface area contributed by atoms with Crippen LogP contribution in [0.1, 0.15) is 5.56 Å². The molecule has 0 fully saturated rings. The van der Waals surface area contributed by atoms with E-state index in [1.54, 1.807) is 0 Å². The minimum atomic E-state index is 0. The van der Waals surface area contributed by atoms with E-state index in [1.807, 2.05) is 18.2 Å². The average molecular weight is 224 g/mol. The second-order valence-corrected chi connectivity index (χ2v) is 3.86. The monoisotopic (exact) mass is 224 g/mol. The Hall–Kier alpha value is -0.210. The zero-order chi connectivity index (χ0) is 9.97. The van der Waals surface area contributed by atoms with Crippen LogP contribution in [0.25, 0.3) is 11.1 Å². The molecule has 0 aliphatic carbocycles. The van der Waals surface area contributed by atoms with E-state index in [2.05, 4.69) is 49.9 Å². The summed E-state index contributed by atoms with van der Waals surface area (Å²) in [5, 5.41) is 0. The summed E-state index contributed by atoms with van der Waals surface area (Å²) >= 11 is 4.44. The fourth-order valence-corrected chi connectivity index (χ4v) is 1.74. The van der Waals surface area contributed by atoms with Crippen LogP contribution in [0, 0.1) is 6.92 Å². The Balaban J connectivity index is 0.00000112. The van der Waals surface area contributed by atoms with Gasteiger partial charge in [0.25, 0.3) is 0 Å². The van der Waals surface area contributed by atoms with E-state index in [-0.39, 0.29) is 29.6 Å². The van der Waals surface area contributed by atoms with E-state index in [0.717, 1.165) is 4.90 Å². The van der Waals surface area contributed by atoms with Crippen LogP contribution in [0.4, 0.5) is 0 Å². The Bertz CT molecular complexity index is 435. The average Bonchev–Trinajstić information content (AvgIpc) is 2.20. The van der Waals surface area contributed by atoms with Gasteiger partial charge in [-0.1, -0.05) is 48.0 Å². The molecule has 0 saturated carbocycles. The summed E-state index contributed by atoms with van der Waals surface area (Å²) in [6, 6.07) is 16.6. The Kier molecular flexibility index (Phi) is 4.94. The van der Waals surface area contributed by atoms with Gasteiger partial charge in [-0.15, -0.1) is 12.6 Å². The van der Waals surface area contributed by atoms with Crippen molar-refractivity contribution in [1.82, 2.24) is 0 Å². The van der Waals surface area contributed by atoms with Gasteiger partial charge in [0.1, 0.15) is 0 Å². The van der Waals surface area contributed by atoms with Crippen molar-refractivity contribution in [2.45, 2.75) is 11.8 Å². The SMILES string of the molecule is Cc1ccc(-c2ccccc2S)cc1.[NaH]. The maximum absolute atomic E-state index is 4.44.